The van der Waals surface area contributed by atoms with Gasteiger partial charge in [0.1, 0.15) is 0 Å². The van der Waals surface area contributed by atoms with Crippen molar-refractivity contribution < 1.29 is 4.74 Å². The Morgan fingerprint density at radius 2 is 2.54 bits per heavy atom. The van der Waals surface area contributed by atoms with Gasteiger partial charge in [-0.05, 0) is 13.3 Å². The van der Waals surface area contributed by atoms with Crippen LogP contribution < -0.4 is 5.73 Å². The third kappa shape index (κ3) is 2.96. The van der Waals surface area contributed by atoms with E-state index < -0.39 is 0 Å². The lowest BCUT2D eigenvalue weighted by Gasteiger charge is -2.24. The van der Waals surface area contributed by atoms with Crippen molar-refractivity contribution in [3.8, 4) is 6.07 Å². The van der Waals surface area contributed by atoms with Crippen molar-refractivity contribution in [1.29, 1.82) is 5.26 Å². The third-order valence-corrected chi connectivity index (χ3v) is 2.38. The molecule has 2 atom stereocenters. The van der Waals surface area contributed by atoms with Gasteiger partial charge in [-0.1, -0.05) is 0 Å². The lowest BCUT2D eigenvalue weighted by Crippen LogP contribution is -2.40. The first-order valence-corrected chi connectivity index (χ1v) is 4.73. The van der Waals surface area contributed by atoms with Crippen LogP contribution in [0.1, 0.15) is 13.3 Å². The smallest absolute Gasteiger partial charge is 0.0950 e. The molecular weight excluding hydrogens is 166 g/mol. The molecule has 74 valence electrons. The highest BCUT2D eigenvalue weighted by atomic mass is 16.5. The summed E-state index contributed by atoms with van der Waals surface area (Å²) in [4.78, 5) is 2.13. The van der Waals surface area contributed by atoms with Crippen LogP contribution in [0.5, 0.6) is 0 Å². The molecule has 4 nitrogen and oxygen atoms in total. The number of nitrogens with zero attached hydrogens (tertiary/aromatic N) is 2. The van der Waals surface area contributed by atoms with Crippen LogP contribution in [0.3, 0.4) is 0 Å². The summed E-state index contributed by atoms with van der Waals surface area (Å²) in [5.41, 5.74) is 5.54. The van der Waals surface area contributed by atoms with Crippen LogP contribution in [0.2, 0.25) is 0 Å². The Bertz CT molecular complexity index is 190. The first-order chi connectivity index (χ1) is 6.27. The number of ether oxygens (including phenoxy) is 1. The van der Waals surface area contributed by atoms with E-state index in [0.717, 1.165) is 26.1 Å². The second kappa shape index (κ2) is 5.18. The van der Waals surface area contributed by atoms with E-state index >= 15 is 0 Å². The highest BCUT2D eigenvalue weighted by Crippen LogP contribution is 2.08. The van der Waals surface area contributed by atoms with Crippen LogP contribution in [0.4, 0.5) is 0 Å². The maximum atomic E-state index is 8.77. The Hall–Kier alpha value is -0.630. The molecule has 0 aromatic rings. The van der Waals surface area contributed by atoms with Gasteiger partial charge in [0.25, 0.3) is 0 Å². The van der Waals surface area contributed by atoms with Gasteiger partial charge in [0.05, 0.1) is 18.2 Å². The summed E-state index contributed by atoms with van der Waals surface area (Å²) >= 11 is 0. The van der Waals surface area contributed by atoms with Crippen molar-refractivity contribution in [3.63, 3.8) is 0 Å². The number of nitrogens with two attached hydrogens (primary N) is 1. The van der Waals surface area contributed by atoms with E-state index in [1.807, 2.05) is 6.92 Å². The minimum absolute atomic E-state index is 0.0317. The van der Waals surface area contributed by atoms with Crippen LogP contribution in [0.25, 0.3) is 0 Å². The summed E-state index contributed by atoms with van der Waals surface area (Å²) in [6.45, 7) is 4.93. The Morgan fingerprint density at radius 1 is 1.77 bits per heavy atom. The van der Waals surface area contributed by atoms with Crippen LogP contribution in [0, 0.1) is 11.3 Å². The van der Waals surface area contributed by atoms with Gasteiger partial charge < -0.3 is 10.5 Å². The normalized spacial score (nSPS) is 27.6. The molecule has 1 saturated heterocycles. The fourth-order valence-corrected chi connectivity index (χ4v) is 1.50. The van der Waals surface area contributed by atoms with Crippen LogP contribution in [0.15, 0.2) is 0 Å². The minimum atomic E-state index is -0.0317. The van der Waals surface area contributed by atoms with Gasteiger partial charge in [-0.25, -0.2) is 0 Å². The Kier molecular flexibility index (Phi) is 4.16. The number of rotatable bonds is 2. The minimum Gasteiger partial charge on any atom is -0.376 e. The molecule has 1 fully saturated rings. The fourth-order valence-electron chi connectivity index (χ4n) is 1.50. The van der Waals surface area contributed by atoms with Gasteiger partial charge in [-0.15, -0.1) is 0 Å². The summed E-state index contributed by atoms with van der Waals surface area (Å²) < 4.78 is 5.50. The molecule has 0 aromatic carbocycles. The molecule has 0 saturated carbocycles. The molecule has 2 unspecified atom stereocenters. The summed E-state index contributed by atoms with van der Waals surface area (Å²) in [7, 11) is 0. The Labute approximate surface area is 79.3 Å². The first kappa shape index (κ1) is 10.5. The third-order valence-electron chi connectivity index (χ3n) is 2.38. The topological polar surface area (TPSA) is 62.3 Å². The van der Waals surface area contributed by atoms with Crippen molar-refractivity contribution in [3.05, 3.63) is 0 Å². The second-order valence-corrected chi connectivity index (χ2v) is 3.38. The highest BCUT2D eigenvalue weighted by molar-refractivity contribution is 4.89. The van der Waals surface area contributed by atoms with Crippen molar-refractivity contribution in [2.24, 2.45) is 5.73 Å². The van der Waals surface area contributed by atoms with Crippen LogP contribution in [-0.2, 0) is 4.74 Å². The summed E-state index contributed by atoms with van der Waals surface area (Å²) in [5, 5.41) is 8.77. The predicted octanol–water partition coefficient (Wildman–Crippen LogP) is -0.0519. The van der Waals surface area contributed by atoms with Crippen molar-refractivity contribution >= 4 is 0 Å². The average Bonchev–Trinajstić information content (AvgIpc) is 2.41. The number of hydrogen-bond acceptors (Lipinski definition) is 4. The number of hydrogen-bond donors (Lipinski definition) is 1. The zero-order valence-electron chi connectivity index (χ0n) is 8.07. The van der Waals surface area contributed by atoms with Crippen molar-refractivity contribution in [2.75, 3.05) is 26.2 Å². The van der Waals surface area contributed by atoms with E-state index in [0.29, 0.717) is 6.54 Å². The quantitative estimate of drug-likeness (QED) is 0.652. The molecule has 0 amide bonds. The lowest BCUT2D eigenvalue weighted by atomic mass is 10.2. The fraction of sp³-hybridized carbons (Fsp3) is 0.889. The van der Waals surface area contributed by atoms with E-state index in [1.54, 1.807) is 0 Å². The molecule has 13 heavy (non-hydrogen) atoms. The lowest BCUT2D eigenvalue weighted by molar-refractivity contribution is 0.0583. The van der Waals surface area contributed by atoms with Gasteiger partial charge in [-0.2, -0.15) is 5.26 Å². The SMILES string of the molecule is CC(C#N)N1CCCOC(CN)C1. The number of nitriles is 1. The zero-order valence-corrected chi connectivity index (χ0v) is 8.07. The predicted molar refractivity (Wildman–Crippen MR) is 50.1 cm³/mol. The van der Waals surface area contributed by atoms with E-state index in [-0.39, 0.29) is 12.1 Å². The molecule has 1 rings (SSSR count). The molecule has 0 aliphatic carbocycles. The molecule has 0 aromatic heterocycles. The monoisotopic (exact) mass is 183 g/mol. The zero-order chi connectivity index (χ0) is 9.68. The summed E-state index contributed by atoms with van der Waals surface area (Å²) in [6.07, 6.45) is 1.08. The molecule has 1 heterocycles. The van der Waals surface area contributed by atoms with Gasteiger partial charge in [0.15, 0.2) is 0 Å². The van der Waals surface area contributed by atoms with Gasteiger partial charge in [0, 0.05) is 26.2 Å². The molecular formula is C9H17N3O. The van der Waals surface area contributed by atoms with Crippen LogP contribution in [-0.4, -0.2) is 43.3 Å². The van der Waals surface area contributed by atoms with Gasteiger partial charge in [-0.3, -0.25) is 4.90 Å². The van der Waals surface area contributed by atoms with Gasteiger partial charge >= 0.3 is 0 Å². The second-order valence-electron chi connectivity index (χ2n) is 3.38. The Balaban J connectivity index is 2.49. The largest absolute Gasteiger partial charge is 0.376 e. The van der Waals surface area contributed by atoms with E-state index in [9.17, 15) is 0 Å². The molecule has 0 bridgehead atoms. The van der Waals surface area contributed by atoms with Crippen molar-refractivity contribution in [2.45, 2.75) is 25.5 Å². The van der Waals surface area contributed by atoms with E-state index in [1.165, 1.54) is 0 Å². The maximum absolute atomic E-state index is 8.77. The summed E-state index contributed by atoms with van der Waals surface area (Å²) in [6, 6.07) is 2.20. The molecule has 2 N–H and O–H groups in total. The molecule has 4 heteroatoms. The molecule has 1 aliphatic rings. The average molecular weight is 183 g/mol. The molecule has 0 radical (unpaired) electrons. The maximum Gasteiger partial charge on any atom is 0.0950 e. The van der Waals surface area contributed by atoms with E-state index in [4.69, 9.17) is 15.7 Å². The van der Waals surface area contributed by atoms with Crippen molar-refractivity contribution in [1.82, 2.24) is 4.90 Å². The highest BCUT2D eigenvalue weighted by Gasteiger charge is 2.20. The Morgan fingerprint density at radius 3 is 3.15 bits per heavy atom. The van der Waals surface area contributed by atoms with E-state index in [2.05, 4.69) is 11.0 Å². The molecule has 1 aliphatic heterocycles. The van der Waals surface area contributed by atoms with Gasteiger partial charge in [0.2, 0.25) is 0 Å². The van der Waals surface area contributed by atoms with Crippen LogP contribution >= 0.6 is 0 Å². The standard InChI is InChI=1S/C9H17N3O/c1-8(5-10)12-3-2-4-13-9(6-11)7-12/h8-9H,2-4,6-7,11H2,1H3. The molecule has 0 spiro atoms. The first-order valence-electron chi connectivity index (χ1n) is 4.73. The summed E-state index contributed by atoms with van der Waals surface area (Å²) in [5.74, 6) is 0.